The summed E-state index contributed by atoms with van der Waals surface area (Å²) in [6.07, 6.45) is 8.63. The molecule has 2 amide bonds. The van der Waals surface area contributed by atoms with E-state index in [2.05, 4.69) is 11.4 Å². The molecular weight excluding hydrogens is 378 g/mol. The molecule has 2 aliphatic rings. The normalized spacial score (nSPS) is 18.2. The average molecular weight is 397 g/mol. The van der Waals surface area contributed by atoms with Crippen molar-refractivity contribution in [3.8, 4) is 6.07 Å². The van der Waals surface area contributed by atoms with Crippen LogP contribution in [0.15, 0.2) is 29.1 Å². The number of hydrogen-bond acceptors (Lipinski definition) is 6. The van der Waals surface area contributed by atoms with Crippen molar-refractivity contribution < 1.29 is 18.7 Å². The fourth-order valence-electron chi connectivity index (χ4n) is 3.27. The van der Waals surface area contributed by atoms with Crippen LogP contribution < -0.4 is 5.32 Å². The van der Waals surface area contributed by atoms with E-state index < -0.39 is 0 Å². The van der Waals surface area contributed by atoms with E-state index in [0.717, 1.165) is 35.5 Å². The number of fused-ring (bicyclic) bond motifs is 1. The third-order valence-corrected chi connectivity index (χ3v) is 6.09. The molecule has 1 N–H and O–H groups in total. The number of rotatable bonds is 4. The Labute approximate surface area is 166 Å². The SMILES string of the molecule is N#Cc1c(NC(=O)/C=C/c2ccoc2)sc2c1CCC(OC(=O)N1CCC1)C2. The van der Waals surface area contributed by atoms with Gasteiger partial charge in [0.1, 0.15) is 17.2 Å². The van der Waals surface area contributed by atoms with Crippen LogP contribution in [0.25, 0.3) is 6.08 Å². The molecule has 0 radical (unpaired) electrons. The molecule has 1 unspecified atom stereocenters. The minimum Gasteiger partial charge on any atom is -0.472 e. The van der Waals surface area contributed by atoms with E-state index in [-0.39, 0.29) is 18.1 Å². The second-order valence-electron chi connectivity index (χ2n) is 6.79. The standard InChI is InChI=1S/C20H19N3O4S/c21-11-16-15-4-3-14(27-20(25)23-7-1-8-23)10-17(15)28-19(16)22-18(24)5-2-13-6-9-26-12-13/h2,5-6,9,12,14H,1,3-4,7-8,10H2,(H,22,24)/b5-2+. The first-order valence-electron chi connectivity index (χ1n) is 9.15. The first kappa shape index (κ1) is 18.3. The maximum Gasteiger partial charge on any atom is 0.410 e. The zero-order chi connectivity index (χ0) is 19.5. The Morgan fingerprint density at radius 2 is 2.29 bits per heavy atom. The highest BCUT2D eigenvalue weighted by atomic mass is 32.1. The van der Waals surface area contributed by atoms with Gasteiger partial charge in [-0.2, -0.15) is 5.26 Å². The lowest BCUT2D eigenvalue weighted by molar-refractivity contribution is -0.111. The van der Waals surface area contributed by atoms with Crippen LogP contribution in [0, 0.1) is 11.3 Å². The summed E-state index contributed by atoms with van der Waals surface area (Å²) in [7, 11) is 0. The van der Waals surface area contributed by atoms with Crippen LogP contribution in [-0.4, -0.2) is 36.1 Å². The Bertz CT molecular complexity index is 951. The average Bonchev–Trinajstić information content (AvgIpc) is 3.25. The number of ether oxygens (including phenoxy) is 1. The second kappa shape index (κ2) is 7.90. The molecule has 28 heavy (non-hydrogen) atoms. The van der Waals surface area contributed by atoms with Crippen LogP contribution in [0.5, 0.6) is 0 Å². The second-order valence-corrected chi connectivity index (χ2v) is 7.89. The van der Waals surface area contributed by atoms with Gasteiger partial charge in [-0.05, 0) is 37.0 Å². The van der Waals surface area contributed by atoms with E-state index >= 15 is 0 Å². The topological polar surface area (TPSA) is 95.6 Å². The first-order chi connectivity index (χ1) is 13.6. The molecular formula is C20H19N3O4S. The largest absolute Gasteiger partial charge is 0.472 e. The van der Waals surface area contributed by atoms with Crippen molar-refractivity contribution in [1.29, 1.82) is 5.26 Å². The fraction of sp³-hybridized carbons (Fsp3) is 0.350. The highest BCUT2D eigenvalue weighted by molar-refractivity contribution is 7.16. The Morgan fingerprint density at radius 3 is 2.96 bits per heavy atom. The van der Waals surface area contributed by atoms with Crippen molar-refractivity contribution in [2.75, 3.05) is 18.4 Å². The van der Waals surface area contributed by atoms with Crippen molar-refractivity contribution in [3.05, 3.63) is 46.2 Å². The highest BCUT2D eigenvalue weighted by Gasteiger charge is 2.30. The molecule has 1 aliphatic carbocycles. The van der Waals surface area contributed by atoms with Crippen molar-refractivity contribution in [3.63, 3.8) is 0 Å². The lowest BCUT2D eigenvalue weighted by Gasteiger charge is -2.32. The molecule has 1 atom stereocenters. The predicted octanol–water partition coefficient (Wildman–Crippen LogP) is 3.56. The molecule has 1 aliphatic heterocycles. The Hall–Kier alpha value is -3.05. The smallest absolute Gasteiger partial charge is 0.410 e. The summed E-state index contributed by atoms with van der Waals surface area (Å²) in [5, 5.41) is 12.9. The summed E-state index contributed by atoms with van der Waals surface area (Å²) in [5.41, 5.74) is 2.25. The lowest BCUT2D eigenvalue weighted by atomic mass is 9.94. The van der Waals surface area contributed by atoms with Crippen molar-refractivity contribution in [2.45, 2.75) is 31.8 Å². The molecule has 0 aromatic carbocycles. The molecule has 0 saturated carbocycles. The highest BCUT2D eigenvalue weighted by Crippen LogP contribution is 2.38. The lowest BCUT2D eigenvalue weighted by Crippen LogP contribution is -2.44. The monoisotopic (exact) mass is 397 g/mol. The Balaban J connectivity index is 1.43. The quantitative estimate of drug-likeness (QED) is 0.796. The van der Waals surface area contributed by atoms with E-state index in [1.54, 1.807) is 17.0 Å². The molecule has 0 bridgehead atoms. The number of carbonyl (C=O) groups is 2. The molecule has 0 spiro atoms. The van der Waals surface area contributed by atoms with Crippen molar-refractivity contribution in [1.82, 2.24) is 4.90 Å². The fourth-order valence-corrected chi connectivity index (χ4v) is 4.54. The van der Waals surface area contributed by atoms with E-state index in [1.165, 1.54) is 29.9 Å². The molecule has 1 fully saturated rings. The third-order valence-electron chi connectivity index (χ3n) is 4.92. The number of furan rings is 1. The summed E-state index contributed by atoms with van der Waals surface area (Å²) in [5.74, 6) is -0.308. The number of anilines is 1. The van der Waals surface area contributed by atoms with Crippen LogP contribution >= 0.6 is 11.3 Å². The maximum absolute atomic E-state index is 12.2. The maximum atomic E-state index is 12.2. The molecule has 2 aromatic rings. The first-order valence-corrected chi connectivity index (χ1v) is 9.97. The molecule has 3 heterocycles. The van der Waals surface area contributed by atoms with Gasteiger partial charge in [-0.25, -0.2) is 4.79 Å². The van der Waals surface area contributed by atoms with Gasteiger partial charge in [0.2, 0.25) is 5.91 Å². The molecule has 144 valence electrons. The summed E-state index contributed by atoms with van der Waals surface area (Å²) >= 11 is 1.39. The van der Waals surface area contributed by atoms with Gasteiger partial charge >= 0.3 is 6.09 Å². The minimum atomic E-state index is -0.308. The summed E-state index contributed by atoms with van der Waals surface area (Å²) in [4.78, 5) is 26.9. The van der Waals surface area contributed by atoms with Crippen LogP contribution in [0.4, 0.5) is 9.80 Å². The molecule has 8 heteroatoms. The number of likely N-dealkylation sites (tertiary alicyclic amines) is 1. The summed E-state index contributed by atoms with van der Waals surface area (Å²) < 4.78 is 10.6. The van der Waals surface area contributed by atoms with Gasteiger partial charge < -0.3 is 19.4 Å². The van der Waals surface area contributed by atoms with Gasteiger partial charge in [0.15, 0.2) is 0 Å². The number of amides is 2. The predicted molar refractivity (Wildman–Crippen MR) is 104 cm³/mol. The molecule has 2 aromatic heterocycles. The molecule has 4 rings (SSSR count). The molecule has 7 nitrogen and oxygen atoms in total. The third kappa shape index (κ3) is 3.80. The zero-order valence-corrected chi connectivity index (χ0v) is 16.0. The van der Waals surface area contributed by atoms with E-state index in [4.69, 9.17) is 9.15 Å². The van der Waals surface area contributed by atoms with E-state index in [0.29, 0.717) is 29.8 Å². The van der Waals surface area contributed by atoms with Gasteiger partial charge in [0.25, 0.3) is 0 Å². The van der Waals surface area contributed by atoms with Gasteiger partial charge in [0, 0.05) is 36.0 Å². The number of carbonyl (C=O) groups excluding carboxylic acids is 2. The Kier molecular flexibility index (Phi) is 5.17. The van der Waals surface area contributed by atoms with Crippen molar-refractivity contribution in [2.24, 2.45) is 0 Å². The van der Waals surface area contributed by atoms with Gasteiger partial charge in [-0.1, -0.05) is 0 Å². The number of nitriles is 1. The Morgan fingerprint density at radius 1 is 1.43 bits per heavy atom. The number of hydrogen-bond donors (Lipinski definition) is 1. The van der Waals surface area contributed by atoms with Crippen LogP contribution in [0.1, 0.15) is 34.4 Å². The van der Waals surface area contributed by atoms with Crippen LogP contribution in [-0.2, 0) is 22.4 Å². The van der Waals surface area contributed by atoms with Gasteiger partial charge in [-0.15, -0.1) is 11.3 Å². The van der Waals surface area contributed by atoms with Crippen molar-refractivity contribution >= 4 is 34.4 Å². The van der Waals surface area contributed by atoms with E-state index in [1.807, 2.05) is 0 Å². The van der Waals surface area contributed by atoms with E-state index in [9.17, 15) is 14.9 Å². The number of nitrogens with one attached hydrogen (secondary N) is 1. The minimum absolute atomic E-state index is 0.185. The molecule has 1 saturated heterocycles. The van der Waals surface area contributed by atoms with Gasteiger partial charge in [0.05, 0.1) is 18.1 Å². The zero-order valence-electron chi connectivity index (χ0n) is 15.1. The van der Waals surface area contributed by atoms with Crippen LogP contribution in [0.3, 0.4) is 0 Å². The number of thiophene rings is 1. The van der Waals surface area contributed by atoms with Crippen LogP contribution in [0.2, 0.25) is 0 Å². The summed E-state index contributed by atoms with van der Waals surface area (Å²) in [6.45, 7) is 1.52. The van der Waals surface area contributed by atoms with Gasteiger partial charge in [-0.3, -0.25) is 4.79 Å². The number of nitrogens with zero attached hydrogens (tertiary/aromatic N) is 2. The summed E-state index contributed by atoms with van der Waals surface area (Å²) in [6, 6.07) is 3.96.